The van der Waals surface area contributed by atoms with Crippen molar-refractivity contribution in [2.24, 2.45) is 4.99 Å². The average molecular weight is 546 g/mol. The number of para-hydroxylation sites is 1. The van der Waals surface area contributed by atoms with Crippen molar-refractivity contribution in [1.82, 2.24) is 15.5 Å². The SMILES string of the molecule is CCNC(=NCCCCN1CCN(c2ccccc2)CC1)NC1CCC(SC)C1.I. The van der Waals surface area contributed by atoms with Gasteiger partial charge in [0.1, 0.15) is 0 Å². The molecule has 2 fully saturated rings. The summed E-state index contributed by atoms with van der Waals surface area (Å²) < 4.78 is 0. The van der Waals surface area contributed by atoms with Gasteiger partial charge in [0, 0.05) is 56.2 Å². The third kappa shape index (κ3) is 8.46. The van der Waals surface area contributed by atoms with Crippen LogP contribution in [0, 0.1) is 0 Å². The Hall–Kier alpha value is -0.670. The molecule has 1 aliphatic heterocycles. The van der Waals surface area contributed by atoms with E-state index in [-0.39, 0.29) is 24.0 Å². The highest BCUT2D eigenvalue weighted by Crippen LogP contribution is 2.28. The summed E-state index contributed by atoms with van der Waals surface area (Å²) in [5.74, 6) is 1.01. The number of unbranched alkanes of at least 4 members (excludes halogenated alkanes) is 1. The van der Waals surface area contributed by atoms with E-state index in [0.29, 0.717) is 6.04 Å². The van der Waals surface area contributed by atoms with Crippen molar-refractivity contribution in [3.63, 3.8) is 0 Å². The fourth-order valence-electron chi connectivity index (χ4n) is 4.31. The predicted octanol–water partition coefficient (Wildman–Crippen LogP) is 4.05. The van der Waals surface area contributed by atoms with Gasteiger partial charge in [-0.3, -0.25) is 9.89 Å². The predicted molar refractivity (Wildman–Crippen MR) is 144 cm³/mol. The molecular weight excluding hydrogens is 505 g/mol. The lowest BCUT2D eigenvalue weighted by Gasteiger charge is -2.36. The first-order valence-electron chi connectivity index (χ1n) is 11.4. The van der Waals surface area contributed by atoms with Crippen LogP contribution in [0.25, 0.3) is 0 Å². The third-order valence-electron chi connectivity index (χ3n) is 6.05. The number of piperazine rings is 1. The molecule has 1 saturated carbocycles. The molecule has 0 radical (unpaired) electrons. The fourth-order valence-corrected chi connectivity index (χ4v) is 5.10. The number of halogens is 1. The van der Waals surface area contributed by atoms with Gasteiger partial charge in [-0.2, -0.15) is 11.8 Å². The number of thioether (sulfide) groups is 1. The van der Waals surface area contributed by atoms with Gasteiger partial charge in [-0.25, -0.2) is 0 Å². The van der Waals surface area contributed by atoms with Gasteiger partial charge in [0.15, 0.2) is 5.96 Å². The van der Waals surface area contributed by atoms with Crippen molar-refractivity contribution in [2.45, 2.75) is 50.3 Å². The minimum atomic E-state index is 0. The van der Waals surface area contributed by atoms with Gasteiger partial charge in [0.05, 0.1) is 0 Å². The topological polar surface area (TPSA) is 42.9 Å². The van der Waals surface area contributed by atoms with Crippen LogP contribution in [0.3, 0.4) is 0 Å². The van der Waals surface area contributed by atoms with Gasteiger partial charge in [0.25, 0.3) is 0 Å². The normalized spacial score (nSPS) is 22.6. The number of anilines is 1. The minimum Gasteiger partial charge on any atom is -0.369 e. The first kappa shape index (κ1) is 25.6. The highest BCUT2D eigenvalue weighted by atomic mass is 127. The molecule has 0 aromatic heterocycles. The van der Waals surface area contributed by atoms with Crippen LogP contribution in [0.15, 0.2) is 35.3 Å². The van der Waals surface area contributed by atoms with Gasteiger partial charge in [-0.15, -0.1) is 24.0 Å². The summed E-state index contributed by atoms with van der Waals surface area (Å²) >= 11 is 2.01. The highest BCUT2D eigenvalue weighted by molar-refractivity contribution is 14.0. The van der Waals surface area contributed by atoms with Gasteiger partial charge >= 0.3 is 0 Å². The van der Waals surface area contributed by atoms with Crippen LogP contribution in [0.2, 0.25) is 0 Å². The lowest BCUT2D eigenvalue weighted by atomic mass is 10.2. The van der Waals surface area contributed by atoms with E-state index >= 15 is 0 Å². The molecule has 1 aliphatic carbocycles. The number of aliphatic imine (C=N–C) groups is 1. The summed E-state index contributed by atoms with van der Waals surface area (Å²) in [6.07, 6.45) is 8.48. The molecule has 1 heterocycles. The summed E-state index contributed by atoms with van der Waals surface area (Å²) in [5.41, 5.74) is 1.36. The maximum Gasteiger partial charge on any atom is 0.191 e. The van der Waals surface area contributed by atoms with Gasteiger partial charge in [-0.05, 0) is 64.0 Å². The van der Waals surface area contributed by atoms with E-state index in [2.05, 4.69) is 63.9 Å². The summed E-state index contributed by atoms with van der Waals surface area (Å²) in [5, 5.41) is 7.89. The summed E-state index contributed by atoms with van der Waals surface area (Å²) in [6, 6.07) is 11.4. The van der Waals surface area contributed by atoms with Crippen LogP contribution in [0.5, 0.6) is 0 Å². The van der Waals surface area contributed by atoms with Crippen molar-refractivity contribution < 1.29 is 0 Å². The minimum absolute atomic E-state index is 0. The van der Waals surface area contributed by atoms with Gasteiger partial charge in [0.2, 0.25) is 0 Å². The second kappa shape index (κ2) is 14.4. The zero-order valence-electron chi connectivity index (χ0n) is 18.7. The number of benzene rings is 1. The standard InChI is InChI=1S/C23H39N5S.HI/c1-3-24-23(26-20-11-12-22(19-20)29-2)25-13-7-8-14-27-15-17-28(18-16-27)21-9-5-4-6-10-21;/h4-6,9-10,20,22H,3,7-8,11-19H2,1-2H3,(H2,24,25,26);1H. The second-order valence-electron chi connectivity index (χ2n) is 8.14. The Morgan fingerprint density at radius 1 is 1.10 bits per heavy atom. The zero-order chi connectivity index (χ0) is 20.3. The zero-order valence-corrected chi connectivity index (χ0v) is 21.8. The van der Waals surface area contributed by atoms with E-state index in [4.69, 9.17) is 4.99 Å². The van der Waals surface area contributed by atoms with Gasteiger partial charge in [-0.1, -0.05) is 18.2 Å². The number of nitrogens with one attached hydrogen (secondary N) is 2. The monoisotopic (exact) mass is 545 g/mol. The molecule has 30 heavy (non-hydrogen) atoms. The molecule has 3 rings (SSSR count). The Balaban J connectivity index is 0.00000320. The molecule has 2 atom stereocenters. The van der Waals surface area contributed by atoms with E-state index in [9.17, 15) is 0 Å². The average Bonchev–Trinajstić information content (AvgIpc) is 3.22. The fraction of sp³-hybridized carbons (Fsp3) is 0.696. The summed E-state index contributed by atoms with van der Waals surface area (Å²) in [4.78, 5) is 9.93. The Bertz CT molecular complexity index is 607. The van der Waals surface area contributed by atoms with E-state index in [1.807, 2.05) is 11.8 Å². The van der Waals surface area contributed by atoms with Crippen molar-refractivity contribution >= 4 is 47.4 Å². The van der Waals surface area contributed by atoms with Crippen molar-refractivity contribution in [1.29, 1.82) is 0 Å². The summed E-state index contributed by atoms with van der Waals surface area (Å²) in [7, 11) is 0. The third-order valence-corrected chi connectivity index (χ3v) is 7.14. The Morgan fingerprint density at radius 3 is 2.53 bits per heavy atom. The maximum absolute atomic E-state index is 4.82. The molecule has 0 bridgehead atoms. The molecule has 2 aliphatic rings. The summed E-state index contributed by atoms with van der Waals surface area (Å²) in [6.45, 7) is 9.78. The van der Waals surface area contributed by atoms with Crippen LogP contribution in [0.4, 0.5) is 5.69 Å². The van der Waals surface area contributed by atoms with Gasteiger partial charge < -0.3 is 15.5 Å². The molecule has 1 saturated heterocycles. The lowest BCUT2D eigenvalue weighted by molar-refractivity contribution is 0.253. The molecule has 2 N–H and O–H groups in total. The maximum atomic E-state index is 4.82. The van der Waals surface area contributed by atoms with Crippen LogP contribution >= 0.6 is 35.7 Å². The number of nitrogens with zero attached hydrogens (tertiary/aromatic N) is 3. The number of hydrogen-bond acceptors (Lipinski definition) is 4. The molecule has 5 nitrogen and oxygen atoms in total. The van der Waals surface area contributed by atoms with Crippen LogP contribution in [0.1, 0.15) is 39.0 Å². The first-order valence-corrected chi connectivity index (χ1v) is 12.7. The molecule has 0 amide bonds. The Morgan fingerprint density at radius 2 is 1.87 bits per heavy atom. The van der Waals surface area contributed by atoms with Crippen LogP contribution in [-0.2, 0) is 0 Å². The van der Waals surface area contributed by atoms with Crippen molar-refractivity contribution in [3.8, 4) is 0 Å². The van der Waals surface area contributed by atoms with Crippen LogP contribution < -0.4 is 15.5 Å². The molecule has 0 spiro atoms. The Kier molecular flexibility index (Phi) is 12.3. The number of rotatable bonds is 9. The van der Waals surface area contributed by atoms with E-state index in [1.165, 1.54) is 51.0 Å². The van der Waals surface area contributed by atoms with Crippen molar-refractivity contribution in [2.75, 3.05) is 57.0 Å². The lowest BCUT2D eigenvalue weighted by Crippen LogP contribution is -2.46. The second-order valence-corrected chi connectivity index (χ2v) is 9.28. The Labute approximate surface area is 204 Å². The molecule has 7 heteroatoms. The molecule has 2 unspecified atom stereocenters. The molecular formula is C23H40IN5S. The van der Waals surface area contributed by atoms with E-state index < -0.39 is 0 Å². The van der Waals surface area contributed by atoms with E-state index in [0.717, 1.165) is 43.8 Å². The first-order chi connectivity index (χ1) is 14.3. The molecule has 1 aromatic rings. The van der Waals surface area contributed by atoms with Crippen molar-refractivity contribution in [3.05, 3.63) is 30.3 Å². The number of guanidine groups is 1. The van der Waals surface area contributed by atoms with Crippen LogP contribution in [-0.4, -0.2) is 74.2 Å². The largest absolute Gasteiger partial charge is 0.369 e. The number of hydrogen-bond donors (Lipinski definition) is 2. The quantitative estimate of drug-likeness (QED) is 0.212. The highest BCUT2D eigenvalue weighted by Gasteiger charge is 2.24. The van der Waals surface area contributed by atoms with E-state index in [1.54, 1.807) is 0 Å². The molecule has 170 valence electrons. The smallest absolute Gasteiger partial charge is 0.191 e. The molecule has 1 aromatic carbocycles.